The first-order chi connectivity index (χ1) is 7.33. The molecule has 0 aliphatic heterocycles. The third-order valence-corrected chi connectivity index (χ3v) is 3.95. The Kier molecular flexibility index (Phi) is 3.66. The van der Waals surface area contributed by atoms with Gasteiger partial charge in [0.25, 0.3) is 5.91 Å². The fraction of sp³-hybridized carbons (Fsp3) is 0.300. The standard InChI is InChI=1S/C10H15N3O2S/c1-13(2)16(3,15)12-10(14)8-4-6-9(11)7-5-8/h4-7H,11H2,1-3H3. The SMILES string of the molecule is CN(C)S(C)(=O)=NC(=O)c1ccc(N)cc1. The number of hydrogen-bond donors (Lipinski definition) is 1. The van der Waals surface area contributed by atoms with Gasteiger partial charge in [-0.25, -0.2) is 8.51 Å². The van der Waals surface area contributed by atoms with Crippen LogP contribution in [0.15, 0.2) is 28.6 Å². The van der Waals surface area contributed by atoms with Gasteiger partial charge >= 0.3 is 0 Å². The quantitative estimate of drug-likeness (QED) is 0.784. The summed E-state index contributed by atoms with van der Waals surface area (Å²) < 4.78 is 17.0. The number of hydrogen-bond acceptors (Lipinski definition) is 3. The Morgan fingerprint density at radius 3 is 2.25 bits per heavy atom. The molecule has 6 heteroatoms. The molecule has 5 nitrogen and oxygen atoms in total. The molecule has 1 aromatic carbocycles. The normalized spacial score (nSPS) is 14.5. The Morgan fingerprint density at radius 2 is 1.81 bits per heavy atom. The molecule has 16 heavy (non-hydrogen) atoms. The second-order valence-electron chi connectivity index (χ2n) is 3.59. The molecule has 1 rings (SSSR count). The van der Waals surface area contributed by atoms with E-state index in [-0.39, 0.29) is 0 Å². The molecule has 0 spiro atoms. The van der Waals surface area contributed by atoms with Crippen LogP contribution in [0, 0.1) is 0 Å². The van der Waals surface area contributed by atoms with Gasteiger partial charge in [-0.3, -0.25) is 4.79 Å². The van der Waals surface area contributed by atoms with Gasteiger partial charge in [-0.05, 0) is 24.3 Å². The maximum absolute atomic E-state index is 11.9. The summed E-state index contributed by atoms with van der Waals surface area (Å²) in [4.78, 5) is 11.7. The molecule has 88 valence electrons. The monoisotopic (exact) mass is 241 g/mol. The second-order valence-corrected chi connectivity index (χ2v) is 6.03. The first-order valence-corrected chi connectivity index (χ1v) is 6.50. The molecule has 0 aliphatic carbocycles. The summed E-state index contributed by atoms with van der Waals surface area (Å²) in [6.07, 6.45) is 1.42. The van der Waals surface area contributed by atoms with Crippen LogP contribution < -0.4 is 5.73 Å². The van der Waals surface area contributed by atoms with Crippen molar-refractivity contribution in [3.05, 3.63) is 29.8 Å². The van der Waals surface area contributed by atoms with Gasteiger partial charge in [0.2, 0.25) is 0 Å². The number of nitrogens with two attached hydrogens (primary N) is 1. The zero-order chi connectivity index (χ0) is 12.3. The van der Waals surface area contributed by atoms with Gasteiger partial charge in [0.05, 0.1) is 0 Å². The van der Waals surface area contributed by atoms with Gasteiger partial charge in [0.15, 0.2) is 0 Å². The first-order valence-electron chi connectivity index (χ1n) is 4.62. The van der Waals surface area contributed by atoms with Crippen molar-refractivity contribution in [2.24, 2.45) is 4.36 Å². The largest absolute Gasteiger partial charge is 0.399 e. The van der Waals surface area contributed by atoms with Crippen LogP contribution >= 0.6 is 0 Å². The lowest BCUT2D eigenvalue weighted by molar-refractivity contribution is 0.100. The highest BCUT2D eigenvalue weighted by molar-refractivity contribution is 7.90. The van der Waals surface area contributed by atoms with Crippen LogP contribution in [-0.2, 0) is 9.92 Å². The smallest absolute Gasteiger partial charge is 0.286 e. The Morgan fingerprint density at radius 1 is 1.31 bits per heavy atom. The second kappa shape index (κ2) is 4.63. The van der Waals surface area contributed by atoms with Crippen molar-refractivity contribution < 1.29 is 9.00 Å². The molecular formula is C10H15N3O2S. The number of nitrogen functional groups attached to an aromatic ring is 1. The van der Waals surface area contributed by atoms with Crippen LogP contribution in [0.25, 0.3) is 0 Å². The number of benzene rings is 1. The maximum atomic E-state index is 11.9. The van der Waals surface area contributed by atoms with E-state index in [1.165, 1.54) is 10.6 Å². The third-order valence-electron chi connectivity index (χ3n) is 2.09. The minimum atomic E-state index is -2.63. The van der Waals surface area contributed by atoms with Crippen molar-refractivity contribution in [2.75, 3.05) is 26.1 Å². The van der Waals surface area contributed by atoms with Gasteiger partial charge in [-0.1, -0.05) is 0 Å². The van der Waals surface area contributed by atoms with E-state index >= 15 is 0 Å². The van der Waals surface area contributed by atoms with E-state index in [0.717, 1.165) is 0 Å². The number of anilines is 1. The molecule has 0 saturated carbocycles. The highest BCUT2D eigenvalue weighted by Gasteiger charge is 2.10. The molecule has 1 atom stereocenters. The maximum Gasteiger partial charge on any atom is 0.286 e. The average Bonchev–Trinajstić information content (AvgIpc) is 2.17. The van der Waals surface area contributed by atoms with Crippen LogP contribution in [-0.4, -0.2) is 34.8 Å². The van der Waals surface area contributed by atoms with Crippen LogP contribution in [0.5, 0.6) is 0 Å². The van der Waals surface area contributed by atoms with E-state index in [9.17, 15) is 9.00 Å². The summed E-state index contributed by atoms with van der Waals surface area (Å²) in [5, 5.41) is 0. The molecule has 2 N–H and O–H groups in total. The molecule has 0 radical (unpaired) electrons. The van der Waals surface area contributed by atoms with E-state index < -0.39 is 15.8 Å². The number of carbonyl (C=O) groups is 1. The summed E-state index contributed by atoms with van der Waals surface area (Å²) in [7, 11) is 0.598. The van der Waals surface area contributed by atoms with E-state index in [4.69, 9.17) is 5.73 Å². The van der Waals surface area contributed by atoms with Gasteiger partial charge in [0.1, 0.15) is 9.92 Å². The van der Waals surface area contributed by atoms with Gasteiger partial charge in [-0.2, -0.15) is 0 Å². The fourth-order valence-corrected chi connectivity index (χ4v) is 1.49. The zero-order valence-corrected chi connectivity index (χ0v) is 10.3. The molecule has 1 amide bonds. The summed E-state index contributed by atoms with van der Waals surface area (Å²) >= 11 is 0. The number of amides is 1. The molecular weight excluding hydrogens is 226 g/mol. The predicted octanol–water partition coefficient (Wildman–Crippen LogP) is 0.983. The fourth-order valence-electron chi connectivity index (χ4n) is 0.914. The molecule has 0 aliphatic rings. The van der Waals surface area contributed by atoms with Crippen LogP contribution in [0.2, 0.25) is 0 Å². The Balaban J connectivity index is 3.06. The van der Waals surface area contributed by atoms with E-state index in [1.807, 2.05) is 0 Å². The van der Waals surface area contributed by atoms with Crippen molar-refractivity contribution in [1.29, 1.82) is 0 Å². The van der Waals surface area contributed by atoms with Crippen molar-refractivity contribution in [3.8, 4) is 0 Å². The zero-order valence-electron chi connectivity index (χ0n) is 9.51. The molecule has 0 fully saturated rings. The predicted molar refractivity (Wildman–Crippen MR) is 65.4 cm³/mol. The summed E-state index contributed by atoms with van der Waals surface area (Å²) in [5.74, 6) is -0.499. The number of rotatable bonds is 2. The molecule has 0 saturated heterocycles. The number of nitrogens with zero attached hydrogens (tertiary/aromatic N) is 2. The molecule has 1 aromatic rings. The van der Waals surface area contributed by atoms with Gasteiger partial charge in [-0.15, -0.1) is 4.36 Å². The number of carbonyl (C=O) groups excluding carboxylic acids is 1. The highest BCUT2D eigenvalue weighted by Crippen LogP contribution is 2.08. The van der Waals surface area contributed by atoms with E-state index in [1.54, 1.807) is 38.4 Å². The lowest BCUT2D eigenvalue weighted by Crippen LogP contribution is -2.21. The Hall–Kier alpha value is -1.40. The molecule has 1 unspecified atom stereocenters. The summed E-state index contributed by atoms with van der Waals surface area (Å²) in [5.41, 5.74) is 6.45. The van der Waals surface area contributed by atoms with E-state index in [2.05, 4.69) is 4.36 Å². The Bertz CT molecular complexity index is 499. The summed E-state index contributed by atoms with van der Waals surface area (Å²) in [6, 6.07) is 6.34. The highest BCUT2D eigenvalue weighted by atomic mass is 32.2. The van der Waals surface area contributed by atoms with E-state index in [0.29, 0.717) is 11.3 Å². The van der Waals surface area contributed by atoms with Crippen LogP contribution in [0.1, 0.15) is 10.4 Å². The minimum absolute atomic E-state index is 0.380. The van der Waals surface area contributed by atoms with Crippen molar-refractivity contribution >= 4 is 21.5 Å². The van der Waals surface area contributed by atoms with Crippen LogP contribution in [0.4, 0.5) is 5.69 Å². The molecule has 0 bridgehead atoms. The average molecular weight is 241 g/mol. The van der Waals surface area contributed by atoms with Crippen molar-refractivity contribution in [1.82, 2.24) is 4.31 Å². The van der Waals surface area contributed by atoms with Crippen molar-refractivity contribution in [3.63, 3.8) is 0 Å². The minimum Gasteiger partial charge on any atom is -0.399 e. The molecule has 0 heterocycles. The van der Waals surface area contributed by atoms with Crippen molar-refractivity contribution in [2.45, 2.75) is 0 Å². The van der Waals surface area contributed by atoms with Crippen LogP contribution in [0.3, 0.4) is 0 Å². The van der Waals surface area contributed by atoms with Gasteiger partial charge in [0, 0.05) is 31.6 Å². The summed E-state index contributed by atoms with van der Waals surface area (Å²) in [6.45, 7) is 0. The van der Waals surface area contributed by atoms with Gasteiger partial charge < -0.3 is 5.73 Å². The lowest BCUT2D eigenvalue weighted by atomic mass is 10.2. The first kappa shape index (κ1) is 12.7. The molecule has 0 aromatic heterocycles. The Labute approximate surface area is 95.6 Å². The third kappa shape index (κ3) is 3.04. The topological polar surface area (TPSA) is 75.8 Å². The lowest BCUT2D eigenvalue weighted by Gasteiger charge is -2.10.